The number of fused-ring (bicyclic) bond motifs is 1. The van der Waals surface area contributed by atoms with Crippen molar-refractivity contribution < 1.29 is 9.84 Å². The summed E-state index contributed by atoms with van der Waals surface area (Å²) in [7, 11) is 1.57. The first-order valence-electron chi connectivity index (χ1n) is 8.00. The van der Waals surface area contributed by atoms with Gasteiger partial charge in [-0.3, -0.25) is 0 Å². The maximum atomic E-state index is 9.51. The topological polar surface area (TPSA) is 84.6 Å². The zero-order valence-electron chi connectivity index (χ0n) is 14.6. The zero-order valence-corrected chi connectivity index (χ0v) is 16.1. The van der Waals surface area contributed by atoms with Gasteiger partial charge in [-0.1, -0.05) is 29.3 Å². The van der Waals surface area contributed by atoms with Crippen molar-refractivity contribution in [1.82, 2.24) is 19.6 Å². The molecule has 0 fully saturated rings. The number of aliphatic hydroxyl groups is 1. The van der Waals surface area contributed by atoms with Crippen LogP contribution in [0.5, 0.6) is 0 Å². The van der Waals surface area contributed by atoms with E-state index in [1.54, 1.807) is 30.7 Å². The van der Waals surface area contributed by atoms with Crippen LogP contribution in [0.1, 0.15) is 11.5 Å². The molecule has 2 aromatic heterocycles. The molecule has 138 valence electrons. The minimum absolute atomic E-state index is 0.103. The molecule has 3 aromatic rings. The molecule has 3 rings (SSSR count). The second kappa shape index (κ2) is 7.75. The van der Waals surface area contributed by atoms with E-state index in [-0.39, 0.29) is 12.6 Å². The number of aromatic nitrogens is 4. The van der Waals surface area contributed by atoms with Crippen LogP contribution in [0.25, 0.3) is 16.8 Å². The zero-order chi connectivity index (χ0) is 18.8. The minimum atomic E-state index is -0.315. The van der Waals surface area contributed by atoms with Crippen LogP contribution >= 0.6 is 23.2 Å². The average Bonchev–Trinajstić information content (AvgIpc) is 2.91. The smallest absolute Gasteiger partial charge is 0.228 e. The summed E-state index contributed by atoms with van der Waals surface area (Å²) >= 11 is 12.4. The molecule has 2 heterocycles. The number of ether oxygens (including phenoxy) is 1. The summed E-state index contributed by atoms with van der Waals surface area (Å²) in [6, 6.07) is 5.00. The lowest BCUT2D eigenvalue weighted by atomic mass is 10.1. The number of benzene rings is 1. The quantitative estimate of drug-likeness (QED) is 0.666. The third-order valence-corrected chi connectivity index (χ3v) is 4.44. The Morgan fingerprint density at radius 2 is 2.04 bits per heavy atom. The fourth-order valence-electron chi connectivity index (χ4n) is 2.77. The van der Waals surface area contributed by atoms with Crippen molar-refractivity contribution in [3.63, 3.8) is 0 Å². The Hall–Kier alpha value is -1.93. The summed E-state index contributed by atoms with van der Waals surface area (Å²) in [5.74, 6) is 1.04. The van der Waals surface area contributed by atoms with E-state index in [9.17, 15) is 5.11 Å². The van der Waals surface area contributed by atoms with Gasteiger partial charge >= 0.3 is 0 Å². The molecule has 1 unspecified atom stereocenters. The molecule has 2 N–H and O–H groups in total. The molecule has 0 spiro atoms. The van der Waals surface area contributed by atoms with E-state index in [2.05, 4.69) is 20.4 Å². The molecule has 0 aliphatic rings. The van der Waals surface area contributed by atoms with E-state index in [0.29, 0.717) is 34.1 Å². The molecule has 1 atom stereocenters. The molecule has 0 aliphatic carbocycles. The summed E-state index contributed by atoms with van der Waals surface area (Å²) in [6.45, 7) is 3.91. The number of aryl methyl sites for hydroxylation is 2. The van der Waals surface area contributed by atoms with Gasteiger partial charge in [0, 0.05) is 17.7 Å². The van der Waals surface area contributed by atoms with Crippen molar-refractivity contribution in [2.45, 2.75) is 19.9 Å². The summed E-state index contributed by atoms with van der Waals surface area (Å²) < 4.78 is 6.72. The van der Waals surface area contributed by atoms with Crippen LogP contribution in [0.2, 0.25) is 10.0 Å². The van der Waals surface area contributed by atoms with Gasteiger partial charge in [-0.2, -0.15) is 14.6 Å². The maximum Gasteiger partial charge on any atom is 0.228 e. The number of nitrogens with zero attached hydrogens (tertiary/aromatic N) is 4. The lowest BCUT2D eigenvalue weighted by Crippen LogP contribution is -2.30. The Bertz CT molecular complexity index is 945. The van der Waals surface area contributed by atoms with E-state index in [4.69, 9.17) is 27.9 Å². The molecule has 26 heavy (non-hydrogen) atoms. The molecule has 7 nitrogen and oxygen atoms in total. The molecule has 0 radical (unpaired) electrons. The van der Waals surface area contributed by atoms with Crippen molar-refractivity contribution in [3.8, 4) is 11.1 Å². The number of aliphatic hydroxyl groups excluding tert-OH is 1. The first kappa shape index (κ1) is 18.8. The Morgan fingerprint density at radius 3 is 2.69 bits per heavy atom. The van der Waals surface area contributed by atoms with Gasteiger partial charge in [0.1, 0.15) is 5.82 Å². The molecule has 1 aromatic carbocycles. The molecule has 0 aliphatic heterocycles. The molecule has 9 heteroatoms. The lowest BCUT2D eigenvalue weighted by Gasteiger charge is -2.16. The third kappa shape index (κ3) is 3.61. The van der Waals surface area contributed by atoms with Crippen molar-refractivity contribution in [3.05, 3.63) is 39.8 Å². The van der Waals surface area contributed by atoms with Crippen LogP contribution in [-0.4, -0.2) is 51.1 Å². The van der Waals surface area contributed by atoms with Crippen molar-refractivity contribution in [1.29, 1.82) is 0 Å². The van der Waals surface area contributed by atoms with Crippen LogP contribution in [0.15, 0.2) is 18.2 Å². The number of nitrogens with one attached hydrogen (secondary N) is 1. The second-order valence-corrected chi connectivity index (χ2v) is 6.74. The summed E-state index contributed by atoms with van der Waals surface area (Å²) in [5, 5.41) is 18.3. The van der Waals surface area contributed by atoms with Crippen LogP contribution in [0.3, 0.4) is 0 Å². The average molecular weight is 396 g/mol. The summed E-state index contributed by atoms with van der Waals surface area (Å²) in [4.78, 5) is 8.95. The van der Waals surface area contributed by atoms with Gasteiger partial charge in [0.15, 0.2) is 5.65 Å². The molecule has 0 saturated carbocycles. The van der Waals surface area contributed by atoms with E-state index in [1.807, 2.05) is 13.0 Å². The second-order valence-electron chi connectivity index (χ2n) is 5.89. The minimum Gasteiger partial charge on any atom is -0.394 e. The number of rotatable bonds is 6. The number of halogens is 2. The van der Waals surface area contributed by atoms with E-state index in [1.165, 1.54) is 0 Å². The highest BCUT2D eigenvalue weighted by Gasteiger charge is 2.20. The number of methoxy groups -OCH3 is 1. The number of hydrogen-bond donors (Lipinski definition) is 2. The summed E-state index contributed by atoms with van der Waals surface area (Å²) in [6.07, 6.45) is 0. The van der Waals surface area contributed by atoms with E-state index < -0.39 is 0 Å². The number of hydrogen-bond acceptors (Lipinski definition) is 6. The predicted octanol–water partition coefficient (Wildman–Crippen LogP) is 3.13. The van der Waals surface area contributed by atoms with Gasteiger partial charge in [-0.25, -0.2) is 4.98 Å². The standard InChI is InChI=1S/C17H19Cl2N5O2/c1-9-15(13-5-4-11(18)6-14(13)19)16-20-10(2)21-17(24(16)23-9)22-12(7-25)8-26-3/h4-6,12,25H,7-8H2,1-3H3,(H,20,21,22). The van der Waals surface area contributed by atoms with Crippen molar-refractivity contribution in [2.24, 2.45) is 0 Å². The van der Waals surface area contributed by atoms with E-state index in [0.717, 1.165) is 16.8 Å². The normalized spacial score (nSPS) is 12.5. The van der Waals surface area contributed by atoms with Crippen molar-refractivity contribution in [2.75, 3.05) is 25.6 Å². The largest absolute Gasteiger partial charge is 0.394 e. The highest BCUT2D eigenvalue weighted by atomic mass is 35.5. The van der Waals surface area contributed by atoms with E-state index >= 15 is 0 Å². The maximum absolute atomic E-state index is 9.51. The van der Waals surface area contributed by atoms with Gasteiger partial charge in [-0.15, -0.1) is 0 Å². The Kier molecular flexibility index (Phi) is 5.62. The predicted molar refractivity (Wildman–Crippen MR) is 102 cm³/mol. The van der Waals surface area contributed by atoms with Gasteiger partial charge in [0.05, 0.1) is 35.5 Å². The Morgan fingerprint density at radius 1 is 1.27 bits per heavy atom. The molecule has 0 bridgehead atoms. The monoisotopic (exact) mass is 395 g/mol. The van der Waals surface area contributed by atoms with Crippen LogP contribution in [0.4, 0.5) is 5.95 Å². The first-order valence-corrected chi connectivity index (χ1v) is 8.76. The molecular formula is C17H19Cl2N5O2. The highest BCUT2D eigenvalue weighted by molar-refractivity contribution is 6.36. The van der Waals surface area contributed by atoms with Gasteiger partial charge in [0.25, 0.3) is 0 Å². The van der Waals surface area contributed by atoms with Gasteiger partial charge in [0.2, 0.25) is 5.95 Å². The SMILES string of the molecule is COCC(CO)Nc1nc(C)nc2c(-c3ccc(Cl)cc3Cl)c(C)nn12. The molecular weight excluding hydrogens is 377 g/mol. The fourth-order valence-corrected chi connectivity index (χ4v) is 3.27. The number of anilines is 1. The van der Waals surface area contributed by atoms with Crippen molar-refractivity contribution >= 4 is 34.8 Å². The fraction of sp³-hybridized carbons (Fsp3) is 0.353. The Balaban J connectivity index is 2.17. The van der Waals surface area contributed by atoms with Crippen LogP contribution in [0, 0.1) is 13.8 Å². The van der Waals surface area contributed by atoms with Gasteiger partial charge < -0.3 is 15.2 Å². The van der Waals surface area contributed by atoms with Crippen LogP contribution in [-0.2, 0) is 4.74 Å². The first-order chi connectivity index (χ1) is 12.4. The molecule has 0 saturated heterocycles. The van der Waals surface area contributed by atoms with Gasteiger partial charge in [-0.05, 0) is 26.0 Å². The highest BCUT2D eigenvalue weighted by Crippen LogP contribution is 2.35. The summed E-state index contributed by atoms with van der Waals surface area (Å²) in [5.41, 5.74) is 2.98. The lowest BCUT2D eigenvalue weighted by molar-refractivity contribution is 0.153. The Labute approximate surface area is 160 Å². The van der Waals surface area contributed by atoms with Crippen LogP contribution < -0.4 is 5.32 Å². The third-order valence-electron chi connectivity index (χ3n) is 3.89. The molecule has 0 amide bonds.